The van der Waals surface area contributed by atoms with Gasteiger partial charge in [-0.25, -0.2) is 0 Å². The van der Waals surface area contributed by atoms with E-state index in [1.165, 1.54) is 40.3 Å². The second-order valence-corrected chi connectivity index (χ2v) is 27.2. The average Bonchev–Trinajstić information content (AvgIpc) is 0.744. The summed E-state index contributed by atoms with van der Waals surface area (Å²) in [5.41, 5.74) is 21.7. The van der Waals surface area contributed by atoms with Crippen LogP contribution in [0.3, 0.4) is 0 Å². The van der Waals surface area contributed by atoms with E-state index in [2.05, 4.69) is 156 Å². The molecule has 0 amide bonds. The van der Waals surface area contributed by atoms with Crippen LogP contribution in [0.25, 0.3) is 135 Å². The van der Waals surface area contributed by atoms with Gasteiger partial charge in [-0.3, -0.25) is 0 Å². The van der Waals surface area contributed by atoms with Crippen LogP contribution in [0.5, 0.6) is 0 Å². The fourth-order valence-corrected chi connectivity index (χ4v) is 11.9. The summed E-state index contributed by atoms with van der Waals surface area (Å²) in [6.45, 7) is 9.15. The summed E-state index contributed by atoms with van der Waals surface area (Å²) in [6, 6.07) is 122. The summed E-state index contributed by atoms with van der Waals surface area (Å²) < 4.78 is 141. The molecular formula is C117H90Ir4N8-8. The first kappa shape index (κ1) is 75.6. The summed E-state index contributed by atoms with van der Waals surface area (Å²) in [5, 5.41) is 0. The van der Waals surface area contributed by atoms with Crippen LogP contribution >= 0.6 is 0 Å². The molecule has 0 unspecified atom stereocenters. The third-order valence-electron chi connectivity index (χ3n) is 18.1. The van der Waals surface area contributed by atoms with Crippen molar-refractivity contribution in [1.29, 1.82) is 0 Å². The molecule has 642 valence electrons. The molecule has 0 atom stereocenters. The van der Waals surface area contributed by atoms with Gasteiger partial charge >= 0.3 is 0 Å². The van der Waals surface area contributed by atoms with Gasteiger partial charge in [0.05, 0.1) is 16.4 Å². The van der Waals surface area contributed by atoms with E-state index in [-0.39, 0.29) is 151 Å². The number of hydrogen-bond acceptors (Lipinski definition) is 8. The number of aromatic nitrogens is 8. The van der Waals surface area contributed by atoms with Crippen LogP contribution in [0.15, 0.2) is 455 Å². The van der Waals surface area contributed by atoms with Gasteiger partial charge in [0.2, 0.25) is 0 Å². The minimum atomic E-state index is -0.636. The zero-order valence-electron chi connectivity index (χ0n) is 88.3. The molecule has 0 fully saturated rings. The Morgan fingerprint density at radius 3 is 1.19 bits per heavy atom. The molecule has 8 heterocycles. The fourth-order valence-electron chi connectivity index (χ4n) is 11.9. The number of aryl methyl sites for hydroxylation is 4. The average molecular weight is 2400 g/mol. The minimum absolute atomic E-state index is 0. The van der Waals surface area contributed by atoms with E-state index in [0.29, 0.717) is 5.56 Å². The van der Waals surface area contributed by atoms with E-state index in [1.54, 1.807) is 13.1 Å². The molecule has 0 aliphatic carbocycles. The molecule has 8 nitrogen and oxygen atoms in total. The van der Waals surface area contributed by atoms with Crippen LogP contribution in [0, 0.1) is 83.1 Å². The van der Waals surface area contributed by atoms with Crippen molar-refractivity contribution in [2.24, 2.45) is 0 Å². The summed E-state index contributed by atoms with van der Waals surface area (Å²) in [4.78, 5) is 34.2. The van der Waals surface area contributed by atoms with Crippen LogP contribution in [-0.4, -0.2) is 39.9 Å². The maximum Gasteiger partial charge on any atom is 0.0836 e. The normalized spacial score (nSPS) is 11.8. The standard InChI is InChI=1S/2C18H14N.2C17H12N.3C12H10N.C11H8N.4Ir/c1-14-12-18(16-10-6-3-7-11-16)19-13-17(14)15-8-4-2-5-9-15;1-14-6-5-9-16(12-14)18-11-10-17(13-19-18)15-7-3-2-4-8-15;2*1-3-7-14(8-4-1)16-11-12-17(18-13-16)15-9-5-2-6-10-15;1-10-5-4-6-11(9-10)12-7-2-3-8-13-12;1-10-6-5-9-12(13-10)11-7-3-2-4-8-11;1-10-7-8-12(13-9-10)11-5-3-2-4-6-11;1-2-6-10(7-3-1)11-8-4-5-9-12-11;;;;/h2-10,12-13H,1H3;2-8,10-13H,1H3;2*1-9,11-13H;2-8H,1H3;2-7,9H,1H3;2-5,7-9H,1H3;1-6,8-9H;;;;/q8*-1;;;;/i;2D,3D,4D,5D,6D,7D,8D,10D,11D,12D,13D;;;2D,3D,4D,5D,6D,7D,8D;;;;;;;. The van der Waals surface area contributed by atoms with Gasteiger partial charge in [-0.1, -0.05) is 226 Å². The van der Waals surface area contributed by atoms with Crippen LogP contribution in [0.1, 0.15) is 52.6 Å². The molecule has 0 saturated heterocycles. The zero-order chi connectivity index (χ0) is 102. The van der Waals surface area contributed by atoms with Crippen LogP contribution in [0.4, 0.5) is 0 Å². The summed E-state index contributed by atoms with van der Waals surface area (Å²) in [6.07, 6.45) is 8.34. The van der Waals surface area contributed by atoms with Gasteiger partial charge in [0.15, 0.2) is 0 Å². The molecule has 0 N–H and O–H groups in total. The van der Waals surface area contributed by atoms with Crippen molar-refractivity contribution in [3.05, 3.63) is 532 Å². The second-order valence-electron chi connectivity index (χ2n) is 27.2. The molecule has 0 bridgehead atoms. The Labute approximate surface area is 839 Å². The van der Waals surface area contributed by atoms with E-state index >= 15 is 0 Å². The number of hydrogen-bond donors (Lipinski definition) is 0. The molecule has 20 aromatic rings. The van der Waals surface area contributed by atoms with Crippen LogP contribution < -0.4 is 0 Å². The second kappa shape index (κ2) is 54.5. The Bertz CT molecular complexity index is 7310. The molecule has 0 aliphatic rings. The SMILES string of the molecule is Cc1cc(-c2[c-]cccc2)ncc1-c1ccccc1.Cc1ccc(-c2[c-]cccc2)nc1.Cc1cccc(-c2[c-]cccc2)n1.[2H]c1[c-]c(-c2nc([2H])c(-c3c([2H])c([2H])c([2H])c([2H])c3[2H])c([2H])c2[2H])c([2H])c(C)c1[2H].[2H]c1nc(-c2[c-]c(C)c([2H])c([2H])c2[2H])c([2H])c([2H])c1[2H].[Ir].[Ir].[Ir].[Ir].[c-]1ccccc1-c1ccc(-c2ccccc2)cn1.[c-]1ccccc1-c1ccc(-c2ccccc2)cn1.[c-]1ccccc1-c1ccccn1. The van der Waals surface area contributed by atoms with Crippen molar-refractivity contribution in [1.82, 2.24) is 39.9 Å². The number of benzene rings is 12. The van der Waals surface area contributed by atoms with Crippen molar-refractivity contribution >= 4 is 0 Å². The summed E-state index contributed by atoms with van der Waals surface area (Å²) >= 11 is 0. The topological polar surface area (TPSA) is 103 Å². The van der Waals surface area contributed by atoms with Crippen molar-refractivity contribution in [2.75, 3.05) is 0 Å². The molecule has 12 aromatic carbocycles. The predicted octanol–water partition coefficient (Wildman–Crippen LogP) is 28.6. The van der Waals surface area contributed by atoms with E-state index < -0.39 is 77.9 Å². The van der Waals surface area contributed by atoms with Crippen LogP contribution in [-0.2, 0) is 80.4 Å². The first-order valence-electron chi connectivity index (χ1n) is 48.7. The Morgan fingerprint density at radius 2 is 0.713 bits per heavy atom. The van der Waals surface area contributed by atoms with Gasteiger partial charge in [0, 0.05) is 138 Å². The van der Waals surface area contributed by atoms with E-state index in [4.69, 9.17) is 24.7 Å². The molecule has 20 rings (SSSR count). The van der Waals surface area contributed by atoms with Gasteiger partial charge in [-0.15, -0.1) is 286 Å². The molecule has 0 spiro atoms. The summed E-state index contributed by atoms with van der Waals surface area (Å²) in [5.74, 6) is 0. The van der Waals surface area contributed by atoms with E-state index in [9.17, 15) is 0 Å². The largest absolute Gasteiger partial charge is 0.305 e. The van der Waals surface area contributed by atoms with Crippen LogP contribution in [0.2, 0.25) is 0 Å². The molecular weight excluding hydrogens is 2290 g/mol. The zero-order valence-corrected chi connectivity index (χ0v) is 79.9. The van der Waals surface area contributed by atoms with Gasteiger partial charge in [-0.05, 0) is 140 Å². The maximum atomic E-state index is 8.33. The fraction of sp³-hybridized carbons (Fsp3) is 0.0427. The third kappa shape index (κ3) is 31.8. The molecule has 12 heteroatoms. The van der Waals surface area contributed by atoms with Crippen molar-refractivity contribution < 1.29 is 105 Å². The Morgan fingerprint density at radius 1 is 0.256 bits per heavy atom. The number of pyridine rings is 8. The summed E-state index contributed by atoms with van der Waals surface area (Å²) in [7, 11) is 0. The molecule has 8 aromatic heterocycles. The predicted molar refractivity (Wildman–Crippen MR) is 514 cm³/mol. The molecule has 0 saturated carbocycles. The number of rotatable bonds is 12. The minimum Gasteiger partial charge on any atom is -0.305 e. The van der Waals surface area contributed by atoms with E-state index in [1.807, 2.05) is 293 Å². The maximum absolute atomic E-state index is 8.33. The van der Waals surface area contributed by atoms with Gasteiger partial charge in [0.25, 0.3) is 0 Å². The van der Waals surface area contributed by atoms with Crippen molar-refractivity contribution in [2.45, 2.75) is 34.6 Å². The quantitative estimate of drug-likeness (QED) is 0.111. The molecule has 129 heavy (non-hydrogen) atoms. The van der Waals surface area contributed by atoms with Crippen molar-refractivity contribution in [3.63, 3.8) is 0 Å². The Balaban J connectivity index is 0.000000189. The van der Waals surface area contributed by atoms with Crippen molar-refractivity contribution in [3.8, 4) is 135 Å². The van der Waals surface area contributed by atoms with Gasteiger partial charge < -0.3 is 39.9 Å². The number of nitrogens with zero attached hydrogens (tertiary/aromatic N) is 8. The Kier molecular flexibility index (Phi) is 31.9. The molecule has 4 radical (unpaired) electrons. The van der Waals surface area contributed by atoms with E-state index in [0.717, 1.165) is 84.4 Å². The first-order valence-corrected chi connectivity index (χ1v) is 39.7. The van der Waals surface area contributed by atoms with Gasteiger partial charge in [-0.2, -0.15) is 0 Å². The first-order chi connectivity index (χ1) is 69.0. The van der Waals surface area contributed by atoms with Gasteiger partial charge in [0.1, 0.15) is 0 Å². The molecule has 0 aliphatic heterocycles. The smallest absolute Gasteiger partial charge is 0.0836 e. The monoisotopic (exact) mass is 2400 g/mol. The third-order valence-corrected chi connectivity index (χ3v) is 18.1. The Hall–Kier alpha value is -13.6.